The van der Waals surface area contributed by atoms with Gasteiger partial charge in [0.05, 0.1) is 18.7 Å². The van der Waals surface area contributed by atoms with Crippen LogP contribution in [0.4, 0.5) is 14.9 Å². The molecule has 1 unspecified atom stereocenters. The summed E-state index contributed by atoms with van der Waals surface area (Å²) in [5, 5.41) is 0.0396. The quantitative estimate of drug-likeness (QED) is 0.417. The van der Waals surface area contributed by atoms with Crippen molar-refractivity contribution >= 4 is 20.1 Å². The molecule has 0 spiro atoms. The van der Waals surface area contributed by atoms with Crippen LogP contribution in [0.2, 0.25) is 18.1 Å². The van der Waals surface area contributed by atoms with Crippen molar-refractivity contribution in [1.82, 2.24) is 4.90 Å². The van der Waals surface area contributed by atoms with Crippen LogP contribution >= 0.6 is 0 Å². The summed E-state index contributed by atoms with van der Waals surface area (Å²) < 4.78 is 26.2. The Balaban J connectivity index is 2.36. The molecule has 1 heterocycles. The number of hydrogen-bond acceptors (Lipinski definition) is 3. The summed E-state index contributed by atoms with van der Waals surface area (Å²) in [4.78, 5) is 17.9. The summed E-state index contributed by atoms with van der Waals surface area (Å²) in [6.07, 6.45) is -0.0577. The Morgan fingerprint density at radius 3 is 2.34 bits per heavy atom. The molecule has 0 aliphatic carbocycles. The lowest BCUT2D eigenvalue weighted by molar-refractivity contribution is 0.0208. The van der Waals surface area contributed by atoms with E-state index in [9.17, 15) is 9.18 Å². The average Bonchev–Trinajstić information content (AvgIpc) is 2.95. The molecule has 0 radical (unpaired) electrons. The third-order valence-electron chi connectivity index (χ3n) is 5.58. The molecule has 1 fully saturated rings. The van der Waals surface area contributed by atoms with Crippen molar-refractivity contribution in [1.29, 1.82) is 0 Å². The van der Waals surface area contributed by atoms with Crippen molar-refractivity contribution in [2.45, 2.75) is 83.8 Å². The second kappa shape index (κ2) is 8.08. The molecule has 0 N–H and O–H groups in total. The fourth-order valence-corrected chi connectivity index (χ4v) is 4.53. The van der Waals surface area contributed by atoms with E-state index in [1.807, 2.05) is 20.8 Å². The Labute approximate surface area is 175 Å². The first-order valence-corrected chi connectivity index (χ1v) is 12.9. The van der Waals surface area contributed by atoms with E-state index in [-0.39, 0.29) is 16.8 Å². The monoisotopic (exact) mass is 420 g/mol. The number of carbonyl (C=O) groups is 1. The third kappa shape index (κ3) is 5.80. The molecule has 0 aromatic heterocycles. The number of hydrogen-bond donors (Lipinski definition) is 0. The van der Waals surface area contributed by atoms with Crippen molar-refractivity contribution in [3.05, 3.63) is 41.0 Å². The van der Waals surface area contributed by atoms with Gasteiger partial charge in [0.25, 0.3) is 0 Å². The van der Waals surface area contributed by atoms with E-state index in [1.54, 1.807) is 11.0 Å². The molecule has 1 aliphatic heterocycles. The molecule has 160 valence electrons. The number of halogens is 1. The molecule has 1 aromatic carbocycles. The van der Waals surface area contributed by atoms with Crippen molar-refractivity contribution in [3.63, 3.8) is 0 Å². The Hall–Kier alpha value is -1.91. The minimum Gasteiger partial charge on any atom is -0.444 e. The summed E-state index contributed by atoms with van der Waals surface area (Å²) in [5.41, 5.74) is 0.185. The maximum absolute atomic E-state index is 14.1. The molecule has 1 saturated heterocycles. The third-order valence-corrected chi connectivity index (χ3v) is 10.1. The highest BCUT2D eigenvalue weighted by Gasteiger charge is 2.44. The van der Waals surface area contributed by atoms with Gasteiger partial charge in [0.2, 0.25) is 0 Å². The van der Waals surface area contributed by atoms with Crippen LogP contribution in [0.3, 0.4) is 0 Å². The molecule has 1 amide bonds. The van der Waals surface area contributed by atoms with Crippen LogP contribution < -0.4 is 0 Å². The molecular weight excluding hydrogens is 387 g/mol. The number of ether oxygens (including phenoxy) is 1. The van der Waals surface area contributed by atoms with Gasteiger partial charge in [-0.25, -0.2) is 14.0 Å². The van der Waals surface area contributed by atoms with Crippen LogP contribution in [-0.4, -0.2) is 37.6 Å². The van der Waals surface area contributed by atoms with Gasteiger partial charge in [-0.3, -0.25) is 4.90 Å². The Morgan fingerprint density at radius 1 is 1.21 bits per heavy atom. The van der Waals surface area contributed by atoms with Crippen molar-refractivity contribution in [2.75, 3.05) is 6.54 Å². The highest BCUT2D eigenvalue weighted by atomic mass is 28.4. The largest absolute Gasteiger partial charge is 0.444 e. The maximum atomic E-state index is 14.1. The molecule has 29 heavy (non-hydrogen) atoms. The standard InChI is InChI=1S/C22H33FN2O3Si/c1-21(2,3)27-20(26)25-14-18(28-29(8,9)22(4,5)6)13-19(25)15-10-16(23)12-17(11-15)24-7/h10-12,18-19H,13-14H2,1-6,8-9H3/t18-,19?/m1/s1. The van der Waals surface area contributed by atoms with Crippen LogP contribution in [0.5, 0.6) is 0 Å². The summed E-state index contributed by atoms with van der Waals surface area (Å²) in [5.74, 6) is -0.480. The van der Waals surface area contributed by atoms with Crippen LogP contribution in [-0.2, 0) is 9.16 Å². The van der Waals surface area contributed by atoms with Crippen LogP contribution in [0.15, 0.2) is 18.2 Å². The van der Waals surface area contributed by atoms with Gasteiger partial charge >= 0.3 is 6.09 Å². The van der Waals surface area contributed by atoms with E-state index < -0.39 is 31.9 Å². The summed E-state index contributed by atoms with van der Waals surface area (Å²) in [6.45, 7) is 23.9. The number of benzene rings is 1. The number of rotatable bonds is 3. The Bertz CT molecular complexity index is 806. The molecule has 1 aliphatic rings. The second-order valence-electron chi connectivity index (χ2n) is 10.2. The lowest BCUT2D eigenvalue weighted by Gasteiger charge is -2.38. The van der Waals surface area contributed by atoms with Crippen molar-refractivity contribution in [2.24, 2.45) is 0 Å². The van der Waals surface area contributed by atoms with Gasteiger partial charge < -0.3 is 9.16 Å². The van der Waals surface area contributed by atoms with Gasteiger partial charge in [-0.1, -0.05) is 26.8 Å². The van der Waals surface area contributed by atoms with E-state index in [0.29, 0.717) is 18.5 Å². The minimum atomic E-state index is -2.04. The van der Waals surface area contributed by atoms with Crippen molar-refractivity contribution in [3.8, 4) is 0 Å². The highest BCUT2D eigenvalue weighted by Crippen LogP contribution is 2.42. The minimum absolute atomic E-state index is 0.0396. The fourth-order valence-electron chi connectivity index (χ4n) is 3.17. The molecule has 2 rings (SSSR count). The molecule has 7 heteroatoms. The summed E-state index contributed by atoms with van der Waals surface area (Å²) in [6, 6.07) is 3.85. The Morgan fingerprint density at radius 2 is 1.83 bits per heavy atom. The zero-order valence-corrected chi connectivity index (χ0v) is 19.8. The van der Waals surface area contributed by atoms with Gasteiger partial charge in [0, 0.05) is 6.54 Å². The van der Waals surface area contributed by atoms with Gasteiger partial charge in [-0.05, 0) is 63.0 Å². The van der Waals surface area contributed by atoms with E-state index in [4.69, 9.17) is 15.7 Å². The number of carbonyl (C=O) groups excluding carboxylic acids is 1. The fraction of sp³-hybridized carbons (Fsp3) is 0.636. The first-order chi connectivity index (χ1) is 13.1. The van der Waals surface area contributed by atoms with Gasteiger partial charge in [0.1, 0.15) is 11.4 Å². The number of likely N-dealkylation sites (tertiary alicyclic amines) is 1. The molecule has 0 saturated carbocycles. The van der Waals surface area contributed by atoms with E-state index in [1.165, 1.54) is 12.1 Å². The summed E-state index contributed by atoms with van der Waals surface area (Å²) >= 11 is 0. The predicted octanol–water partition coefficient (Wildman–Crippen LogP) is 6.45. The van der Waals surface area contributed by atoms with Crippen LogP contribution in [0.1, 0.15) is 59.6 Å². The molecule has 0 bridgehead atoms. The first kappa shape index (κ1) is 23.4. The van der Waals surface area contributed by atoms with E-state index >= 15 is 0 Å². The lowest BCUT2D eigenvalue weighted by Crippen LogP contribution is -2.45. The van der Waals surface area contributed by atoms with E-state index in [2.05, 4.69) is 38.7 Å². The van der Waals surface area contributed by atoms with Crippen LogP contribution in [0.25, 0.3) is 4.85 Å². The predicted molar refractivity (Wildman–Crippen MR) is 115 cm³/mol. The van der Waals surface area contributed by atoms with Crippen molar-refractivity contribution < 1.29 is 18.3 Å². The zero-order chi connectivity index (χ0) is 22.2. The maximum Gasteiger partial charge on any atom is 0.410 e. The smallest absolute Gasteiger partial charge is 0.410 e. The van der Waals surface area contributed by atoms with Crippen LogP contribution in [0, 0.1) is 12.4 Å². The number of nitrogens with zero attached hydrogens (tertiary/aromatic N) is 2. The molecule has 5 nitrogen and oxygen atoms in total. The second-order valence-corrected chi connectivity index (χ2v) is 15.0. The Kier molecular flexibility index (Phi) is 6.51. The summed E-state index contributed by atoms with van der Waals surface area (Å²) in [7, 11) is -2.04. The first-order valence-electron chi connectivity index (χ1n) is 9.98. The van der Waals surface area contributed by atoms with Gasteiger partial charge in [-0.15, -0.1) is 0 Å². The molecule has 1 aromatic rings. The molecule has 2 atom stereocenters. The van der Waals surface area contributed by atoms with E-state index in [0.717, 1.165) is 0 Å². The normalized spacial score (nSPS) is 20.5. The van der Waals surface area contributed by atoms with Gasteiger partial charge in [0.15, 0.2) is 14.0 Å². The number of amides is 1. The lowest BCUT2D eigenvalue weighted by atomic mass is 10.0. The highest BCUT2D eigenvalue weighted by molar-refractivity contribution is 6.74. The zero-order valence-electron chi connectivity index (χ0n) is 18.8. The SMILES string of the molecule is [C-]#[N+]c1cc(F)cc(C2C[C@@H](O[Si](C)(C)C(C)(C)C)CN2C(=O)OC(C)(C)C)c1. The average molecular weight is 421 g/mol. The molecular formula is C22H33FN2O3Si. The topological polar surface area (TPSA) is 43.1 Å². The van der Waals surface area contributed by atoms with Gasteiger partial charge in [-0.2, -0.15) is 0 Å².